The average Bonchev–Trinajstić information content (AvgIpc) is 3.44. The van der Waals surface area contributed by atoms with Gasteiger partial charge in [-0.05, 0) is 62.1 Å². The predicted molar refractivity (Wildman–Crippen MR) is 102 cm³/mol. The van der Waals surface area contributed by atoms with Crippen LogP contribution >= 0.6 is 11.8 Å². The van der Waals surface area contributed by atoms with Crippen molar-refractivity contribution in [1.82, 2.24) is 0 Å². The molecule has 1 N–H and O–H groups in total. The second kappa shape index (κ2) is 7.50. The normalized spacial score (nSPS) is 13.6. The smallest absolute Gasteiger partial charge is 0.309 e. The van der Waals surface area contributed by atoms with Gasteiger partial charge in [-0.3, -0.25) is 10.0 Å². The molecular formula is C20H23NO3S. The number of aryl methyl sites for hydroxylation is 2. The maximum absolute atomic E-state index is 11.9. The van der Waals surface area contributed by atoms with Crippen LogP contribution in [0.1, 0.15) is 41.0 Å². The molecule has 2 aromatic rings. The molecule has 25 heavy (non-hydrogen) atoms. The largest absolute Gasteiger partial charge is 0.489 e. The van der Waals surface area contributed by atoms with Crippen molar-refractivity contribution in [1.29, 1.82) is 0 Å². The molecule has 0 atom stereocenters. The van der Waals surface area contributed by atoms with Crippen molar-refractivity contribution in [2.75, 3.05) is 11.3 Å². The van der Waals surface area contributed by atoms with Gasteiger partial charge in [-0.1, -0.05) is 41.6 Å². The SMILES string of the molecule is CSC(=O)N(O)c1cccc(C2CC2)c1COc1ccc(C)cc1C. The number of carbonyl (C=O) groups excluding carboxylic acids is 1. The van der Waals surface area contributed by atoms with Crippen LogP contribution in [-0.2, 0) is 6.61 Å². The lowest BCUT2D eigenvalue weighted by molar-refractivity contribution is 0.223. The molecule has 0 spiro atoms. The summed E-state index contributed by atoms with van der Waals surface area (Å²) in [7, 11) is 0. The molecular weight excluding hydrogens is 334 g/mol. The van der Waals surface area contributed by atoms with Crippen LogP contribution in [0, 0.1) is 13.8 Å². The Kier molecular flexibility index (Phi) is 5.35. The standard InChI is InChI=1S/C20H23NO3S/c1-13-7-10-19(14(2)11-13)24-12-17-16(15-8-9-15)5-4-6-18(17)21(23)20(22)25-3/h4-7,10-11,15,23H,8-9,12H2,1-3H3. The Labute approximate surface area is 152 Å². The second-order valence-electron chi connectivity index (χ2n) is 6.46. The van der Waals surface area contributed by atoms with E-state index in [9.17, 15) is 10.0 Å². The number of hydroxylamine groups is 1. The molecule has 0 bridgehead atoms. The Morgan fingerprint density at radius 3 is 2.68 bits per heavy atom. The van der Waals surface area contributed by atoms with E-state index in [2.05, 4.69) is 19.1 Å². The minimum atomic E-state index is -0.402. The molecule has 0 aliphatic heterocycles. The van der Waals surface area contributed by atoms with Gasteiger partial charge in [0.15, 0.2) is 0 Å². The van der Waals surface area contributed by atoms with E-state index in [0.29, 0.717) is 18.2 Å². The molecule has 3 rings (SSSR count). The fourth-order valence-electron chi connectivity index (χ4n) is 3.02. The first kappa shape index (κ1) is 17.8. The molecule has 0 saturated heterocycles. The zero-order valence-corrected chi connectivity index (χ0v) is 15.6. The van der Waals surface area contributed by atoms with Crippen LogP contribution in [0.3, 0.4) is 0 Å². The van der Waals surface area contributed by atoms with Crippen LogP contribution in [0.15, 0.2) is 36.4 Å². The molecule has 1 aliphatic rings. The van der Waals surface area contributed by atoms with Gasteiger partial charge in [-0.15, -0.1) is 0 Å². The quantitative estimate of drug-likeness (QED) is 0.572. The number of benzene rings is 2. The minimum Gasteiger partial charge on any atom is -0.489 e. The third kappa shape index (κ3) is 3.99. The Hall–Kier alpha value is -1.98. The summed E-state index contributed by atoms with van der Waals surface area (Å²) in [5, 5.41) is 10.6. The molecule has 0 unspecified atom stereocenters. The van der Waals surface area contributed by atoms with Gasteiger partial charge in [0.05, 0.1) is 5.69 Å². The molecule has 0 heterocycles. The molecule has 0 radical (unpaired) electrons. The summed E-state index contributed by atoms with van der Waals surface area (Å²) < 4.78 is 6.04. The van der Waals surface area contributed by atoms with Crippen molar-refractivity contribution in [2.24, 2.45) is 0 Å². The maximum atomic E-state index is 11.9. The highest BCUT2D eigenvalue weighted by Crippen LogP contribution is 2.44. The van der Waals surface area contributed by atoms with Gasteiger partial charge in [-0.25, -0.2) is 0 Å². The number of ether oxygens (including phenoxy) is 1. The Morgan fingerprint density at radius 1 is 1.28 bits per heavy atom. The zero-order chi connectivity index (χ0) is 18.0. The summed E-state index contributed by atoms with van der Waals surface area (Å²) in [6.45, 7) is 4.39. The fourth-order valence-corrected chi connectivity index (χ4v) is 3.29. The van der Waals surface area contributed by atoms with E-state index in [1.165, 1.54) is 5.56 Å². The molecule has 132 valence electrons. The lowest BCUT2D eigenvalue weighted by atomic mass is 10.0. The van der Waals surface area contributed by atoms with Gasteiger partial charge in [0.2, 0.25) is 0 Å². The molecule has 0 aromatic heterocycles. The molecule has 1 amide bonds. The van der Waals surface area contributed by atoms with E-state index in [0.717, 1.165) is 52.1 Å². The third-order valence-electron chi connectivity index (χ3n) is 4.48. The summed E-state index contributed by atoms with van der Waals surface area (Å²) in [6, 6.07) is 11.8. The highest BCUT2D eigenvalue weighted by Gasteiger charge is 2.29. The van der Waals surface area contributed by atoms with Gasteiger partial charge < -0.3 is 4.74 Å². The van der Waals surface area contributed by atoms with Crippen molar-refractivity contribution >= 4 is 22.7 Å². The van der Waals surface area contributed by atoms with Crippen LogP contribution in [0.2, 0.25) is 0 Å². The molecule has 1 saturated carbocycles. The lowest BCUT2D eigenvalue weighted by Crippen LogP contribution is -2.24. The van der Waals surface area contributed by atoms with Crippen molar-refractivity contribution in [2.45, 2.75) is 39.2 Å². The first-order valence-corrected chi connectivity index (χ1v) is 9.62. The number of rotatable bonds is 5. The van der Waals surface area contributed by atoms with Crippen molar-refractivity contribution in [3.63, 3.8) is 0 Å². The zero-order valence-electron chi connectivity index (χ0n) is 14.8. The van der Waals surface area contributed by atoms with Gasteiger partial charge in [0.25, 0.3) is 0 Å². The highest BCUT2D eigenvalue weighted by atomic mass is 32.2. The first-order valence-electron chi connectivity index (χ1n) is 8.40. The van der Waals surface area contributed by atoms with Gasteiger partial charge in [0.1, 0.15) is 12.4 Å². The number of anilines is 1. The van der Waals surface area contributed by atoms with E-state index in [4.69, 9.17) is 4.74 Å². The summed E-state index contributed by atoms with van der Waals surface area (Å²) in [5.41, 5.74) is 4.82. The van der Waals surface area contributed by atoms with E-state index < -0.39 is 5.24 Å². The number of hydrogen-bond donors (Lipinski definition) is 1. The number of amides is 1. The van der Waals surface area contributed by atoms with Crippen LogP contribution in [0.4, 0.5) is 10.5 Å². The summed E-state index contributed by atoms with van der Waals surface area (Å²) in [4.78, 5) is 11.9. The number of thioether (sulfide) groups is 1. The van der Waals surface area contributed by atoms with Crippen LogP contribution in [-0.4, -0.2) is 16.7 Å². The lowest BCUT2D eigenvalue weighted by Gasteiger charge is -2.21. The first-order chi connectivity index (χ1) is 12.0. The predicted octanol–water partition coefficient (Wildman–Crippen LogP) is 5.44. The Balaban J connectivity index is 1.91. The molecule has 1 fully saturated rings. The van der Waals surface area contributed by atoms with Crippen LogP contribution < -0.4 is 9.80 Å². The number of hydrogen-bond acceptors (Lipinski definition) is 4. The Bertz CT molecular complexity index is 787. The van der Waals surface area contributed by atoms with Crippen LogP contribution in [0.25, 0.3) is 0 Å². The topological polar surface area (TPSA) is 49.8 Å². The van der Waals surface area contributed by atoms with E-state index in [1.54, 1.807) is 12.3 Å². The van der Waals surface area contributed by atoms with E-state index in [-0.39, 0.29) is 0 Å². The molecule has 1 aliphatic carbocycles. The Morgan fingerprint density at radius 2 is 2.04 bits per heavy atom. The van der Waals surface area contributed by atoms with Gasteiger partial charge in [0, 0.05) is 5.56 Å². The fraction of sp³-hybridized carbons (Fsp3) is 0.350. The average molecular weight is 357 g/mol. The maximum Gasteiger partial charge on any atom is 0.309 e. The number of carbonyl (C=O) groups is 1. The molecule has 5 heteroatoms. The van der Waals surface area contributed by atoms with Gasteiger partial charge in [-0.2, -0.15) is 5.06 Å². The molecule has 4 nitrogen and oxygen atoms in total. The van der Waals surface area contributed by atoms with E-state index >= 15 is 0 Å². The van der Waals surface area contributed by atoms with Gasteiger partial charge >= 0.3 is 5.24 Å². The minimum absolute atomic E-state index is 0.324. The van der Waals surface area contributed by atoms with Crippen molar-refractivity contribution in [3.8, 4) is 5.75 Å². The summed E-state index contributed by atoms with van der Waals surface area (Å²) >= 11 is 0.981. The molecule has 2 aromatic carbocycles. The number of nitrogens with zero attached hydrogens (tertiary/aromatic N) is 1. The third-order valence-corrected chi connectivity index (χ3v) is 5.01. The van der Waals surface area contributed by atoms with Crippen molar-refractivity contribution < 1.29 is 14.7 Å². The highest BCUT2D eigenvalue weighted by molar-refractivity contribution is 8.13. The van der Waals surface area contributed by atoms with E-state index in [1.807, 2.05) is 25.1 Å². The second-order valence-corrected chi connectivity index (χ2v) is 7.22. The summed E-state index contributed by atoms with van der Waals surface area (Å²) in [6.07, 6.45) is 3.94. The monoisotopic (exact) mass is 357 g/mol. The van der Waals surface area contributed by atoms with Crippen molar-refractivity contribution in [3.05, 3.63) is 58.7 Å². The summed E-state index contributed by atoms with van der Waals surface area (Å²) in [5.74, 6) is 1.32. The van der Waals surface area contributed by atoms with Crippen LogP contribution in [0.5, 0.6) is 5.75 Å².